The van der Waals surface area contributed by atoms with Crippen LogP contribution in [0.25, 0.3) is 5.95 Å². The van der Waals surface area contributed by atoms with Crippen molar-refractivity contribution in [2.24, 2.45) is 10.2 Å². The average Bonchev–Trinajstić information content (AvgIpc) is 3.30. The maximum absolute atomic E-state index is 9.83. The van der Waals surface area contributed by atoms with Crippen molar-refractivity contribution in [1.29, 1.82) is 10.5 Å². The topological polar surface area (TPSA) is 162 Å². The summed E-state index contributed by atoms with van der Waals surface area (Å²) in [5, 5.41) is 38.8. The van der Waals surface area contributed by atoms with E-state index in [9.17, 15) is 10.5 Å². The summed E-state index contributed by atoms with van der Waals surface area (Å²) >= 11 is 0. The Kier molecular flexibility index (Phi) is 8.76. The zero-order chi connectivity index (χ0) is 25.2. The highest BCUT2D eigenvalue weighted by Crippen LogP contribution is 2.35. The van der Waals surface area contributed by atoms with Gasteiger partial charge in [0.15, 0.2) is 5.82 Å². The zero-order valence-corrected chi connectivity index (χ0v) is 20.1. The van der Waals surface area contributed by atoms with Gasteiger partial charge in [-0.1, -0.05) is 6.92 Å². The molecule has 0 spiro atoms. The highest BCUT2D eigenvalue weighted by molar-refractivity contribution is 5.74. The van der Waals surface area contributed by atoms with Gasteiger partial charge in [-0.05, 0) is 32.8 Å². The number of nitrogens with one attached hydrogen (secondary N) is 2. The van der Waals surface area contributed by atoms with Gasteiger partial charge in [0.05, 0.1) is 11.8 Å². The normalized spacial score (nSPS) is 11.7. The van der Waals surface area contributed by atoms with Gasteiger partial charge in [-0.3, -0.25) is 0 Å². The highest BCUT2D eigenvalue weighted by atomic mass is 16.5. The van der Waals surface area contributed by atoms with Crippen molar-refractivity contribution in [3.63, 3.8) is 0 Å². The van der Waals surface area contributed by atoms with E-state index >= 15 is 0 Å². The molecule has 12 heteroatoms. The Hall–Kier alpha value is -4.42. The van der Waals surface area contributed by atoms with E-state index in [4.69, 9.17) is 4.74 Å². The molecule has 12 nitrogen and oxygen atoms in total. The first-order valence-electron chi connectivity index (χ1n) is 11.1. The van der Waals surface area contributed by atoms with Crippen LogP contribution in [0.4, 0.5) is 23.1 Å². The van der Waals surface area contributed by atoms with Crippen molar-refractivity contribution in [2.45, 2.75) is 39.7 Å². The molecule has 0 aliphatic carbocycles. The van der Waals surface area contributed by atoms with Crippen molar-refractivity contribution in [2.75, 3.05) is 30.9 Å². The summed E-state index contributed by atoms with van der Waals surface area (Å²) in [6.07, 6.45) is 6.26. The summed E-state index contributed by atoms with van der Waals surface area (Å²) in [7, 11) is 1.64. The number of methoxy groups -OCH3 is 1. The molecule has 2 N–H and O–H groups in total. The molecule has 0 aliphatic heterocycles. The van der Waals surface area contributed by atoms with Gasteiger partial charge >= 0.3 is 0 Å². The lowest BCUT2D eigenvalue weighted by Gasteiger charge is -2.18. The van der Waals surface area contributed by atoms with E-state index in [-0.39, 0.29) is 17.4 Å². The number of ether oxygens (including phenoxy) is 1. The predicted octanol–water partition coefficient (Wildman–Crippen LogP) is 4.18. The van der Waals surface area contributed by atoms with Gasteiger partial charge in [0.2, 0.25) is 5.82 Å². The molecular weight excluding hydrogens is 446 g/mol. The second-order valence-corrected chi connectivity index (χ2v) is 7.67. The molecule has 3 rings (SSSR count). The molecule has 0 aromatic carbocycles. The maximum atomic E-state index is 9.83. The fourth-order valence-electron chi connectivity index (χ4n) is 3.07. The first-order valence-corrected chi connectivity index (χ1v) is 11.1. The predicted molar refractivity (Wildman–Crippen MR) is 130 cm³/mol. The lowest BCUT2D eigenvalue weighted by atomic mass is 10.1. The molecule has 0 aliphatic rings. The van der Waals surface area contributed by atoms with E-state index < -0.39 is 0 Å². The Labute approximate surface area is 203 Å². The summed E-state index contributed by atoms with van der Waals surface area (Å²) in [5.41, 5.74) is 1.58. The summed E-state index contributed by atoms with van der Waals surface area (Å²) in [6, 6.07) is 6.09. The Morgan fingerprint density at radius 1 is 1.17 bits per heavy atom. The Bertz CT molecular complexity index is 1260. The number of azo groups is 1. The van der Waals surface area contributed by atoms with E-state index in [1.165, 1.54) is 10.9 Å². The van der Waals surface area contributed by atoms with Gasteiger partial charge in [-0.25, -0.2) is 19.6 Å². The number of hydrogen-bond acceptors (Lipinski definition) is 11. The molecule has 1 atom stereocenters. The van der Waals surface area contributed by atoms with Crippen molar-refractivity contribution in [3.8, 4) is 18.1 Å². The second kappa shape index (κ2) is 12.2. The number of nitrogens with zero attached hydrogens (tertiary/aromatic N) is 9. The van der Waals surface area contributed by atoms with Gasteiger partial charge in [0.25, 0.3) is 5.95 Å². The average molecular weight is 474 g/mol. The van der Waals surface area contributed by atoms with E-state index in [2.05, 4.69) is 60.0 Å². The van der Waals surface area contributed by atoms with Crippen LogP contribution in [-0.2, 0) is 4.74 Å². The van der Waals surface area contributed by atoms with Crippen LogP contribution in [0.15, 0.2) is 34.9 Å². The smallest absolute Gasteiger partial charge is 0.250 e. The minimum absolute atomic E-state index is 0.102. The number of pyridine rings is 1. The summed E-state index contributed by atoms with van der Waals surface area (Å²) in [5.74, 6) is 1.35. The lowest BCUT2D eigenvalue weighted by Crippen LogP contribution is -2.17. The second-order valence-electron chi connectivity index (χ2n) is 7.67. The first-order chi connectivity index (χ1) is 17.0. The Morgan fingerprint density at radius 2 is 1.94 bits per heavy atom. The van der Waals surface area contributed by atoms with Gasteiger partial charge in [0, 0.05) is 44.3 Å². The Morgan fingerprint density at radius 3 is 2.60 bits per heavy atom. The number of rotatable bonds is 11. The number of anilines is 2. The molecular formula is C23H27N11O. The van der Waals surface area contributed by atoms with Crippen LogP contribution in [0.1, 0.15) is 43.4 Å². The largest absolute Gasteiger partial charge is 0.385 e. The van der Waals surface area contributed by atoms with Crippen LogP contribution in [0.5, 0.6) is 0 Å². The van der Waals surface area contributed by atoms with Gasteiger partial charge < -0.3 is 15.4 Å². The lowest BCUT2D eigenvalue weighted by molar-refractivity contribution is 0.198. The van der Waals surface area contributed by atoms with Gasteiger partial charge in [-0.15, -0.1) is 15.3 Å². The number of aromatic nitrogens is 5. The third-order valence-corrected chi connectivity index (χ3v) is 5.16. The quantitative estimate of drug-likeness (QED) is 0.307. The number of hydrogen-bond donors (Lipinski definition) is 2. The SMILES string of the molecule is CCC(C)Nc1nc(NCCCOC)c(N=Nc2nn(-c3ncccn3)cc2C#N)c(C)c1C#N. The third-order valence-electron chi connectivity index (χ3n) is 5.16. The van der Waals surface area contributed by atoms with Crippen molar-refractivity contribution in [1.82, 2.24) is 24.7 Å². The molecule has 1 unspecified atom stereocenters. The monoisotopic (exact) mass is 473 g/mol. The van der Waals surface area contributed by atoms with Gasteiger partial charge in [-0.2, -0.15) is 10.5 Å². The van der Waals surface area contributed by atoms with E-state index in [1.807, 2.05) is 6.92 Å². The van der Waals surface area contributed by atoms with Crippen LogP contribution < -0.4 is 10.6 Å². The van der Waals surface area contributed by atoms with Crippen molar-refractivity contribution < 1.29 is 4.74 Å². The Balaban J connectivity index is 2.03. The molecule has 0 bridgehead atoms. The molecule has 180 valence electrons. The molecule has 0 fully saturated rings. The minimum Gasteiger partial charge on any atom is -0.385 e. The highest BCUT2D eigenvalue weighted by Gasteiger charge is 2.19. The van der Waals surface area contributed by atoms with E-state index in [0.717, 1.165) is 12.8 Å². The molecule has 0 radical (unpaired) electrons. The van der Waals surface area contributed by atoms with Gasteiger partial charge in [0.1, 0.15) is 29.2 Å². The molecule has 3 aromatic heterocycles. The van der Waals surface area contributed by atoms with Crippen molar-refractivity contribution in [3.05, 3.63) is 41.3 Å². The van der Waals surface area contributed by atoms with Crippen molar-refractivity contribution >= 4 is 23.1 Å². The van der Waals surface area contributed by atoms with E-state index in [0.29, 0.717) is 47.5 Å². The van der Waals surface area contributed by atoms with Crippen LogP contribution >= 0.6 is 0 Å². The molecule has 35 heavy (non-hydrogen) atoms. The summed E-state index contributed by atoms with van der Waals surface area (Å²) in [4.78, 5) is 12.9. The summed E-state index contributed by atoms with van der Waals surface area (Å²) in [6.45, 7) is 7.03. The van der Waals surface area contributed by atoms with Crippen LogP contribution in [0.2, 0.25) is 0 Å². The zero-order valence-electron chi connectivity index (χ0n) is 20.1. The summed E-state index contributed by atoms with van der Waals surface area (Å²) < 4.78 is 6.48. The molecule has 0 saturated carbocycles. The third kappa shape index (κ3) is 6.13. The fraction of sp³-hybridized carbons (Fsp3) is 0.391. The molecule has 3 aromatic rings. The molecule has 0 amide bonds. The minimum atomic E-state index is 0.102. The van der Waals surface area contributed by atoms with Crippen LogP contribution in [0, 0.1) is 29.6 Å². The fourth-order valence-corrected chi connectivity index (χ4v) is 3.07. The first kappa shape index (κ1) is 25.2. The van der Waals surface area contributed by atoms with Crippen LogP contribution in [-0.4, -0.2) is 51.0 Å². The maximum Gasteiger partial charge on any atom is 0.250 e. The van der Waals surface area contributed by atoms with E-state index in [1.54, 1.807) is 32.5 Å². The molecule has 0 saturated heterocycles. The van der Waals surface area contributed by atoms with Crippen LogP contribution in [0.3, 0.4) is 0 Å². The number of nitriles is 2. The molecule has 3 heterocycles. The standard InChI is InChI=1S/C23H27N11O/c1-5-15(2)29-21-18(13-25)16(3)19(22(30-21)26-10-7-11-35-4)31-32-20-17(12-24)14-34(33-20)23-27-8-6-9-28-23/h6,8-9,14-15H,5,7,10-11H2,1-4H3,(H2,26,29,30).